The maximum Gasteiger partial charge on any atom is 0.305 e. The number of carbonyl (C=O) groups excluding carboxylic acids is 1. The number of nitrogens with one attached hydrogen (secondary N) is 1. The fourth-order valence-electron chi connectivity index (χ4n) is 2.35. The Kier molecular flexibility index (Phi) is 4.26. The second-order valence-corrected chi connectivity index (χ2v) is 5.94. The summed E-state index contributed by atoms with van der Waals surface area (Å²) in [4.78, 5) is 33.3. The Labute approximate surface area is 128 Å². The molecule has 0 heterocycles. The highest BCUT2D eigenvalue weighted by Crippen LogP contribution is 2.35. The van der Waals surface area contributed by atoms with E-state index in [9.17, 15) is 19.7 Å². The Balaban J connectivity index is 2.18. The molecule has 0 radical (unpaired) electrons. The molecule has 0 bridgehead atoms. The molecule has 0 atom stereocenters. The molecule has 0 spiro atoms. The van der Waals surface area contributed by atoms with Gasteiger partial charge in [-0.2, -0.15) is 0 Å². The highest BCUT2D eigenvalue weighted by Gasteiger charge is 2.40. The first-order chi connectivity index (χ1) is 9.83. The van der Waals surface area contributed by atoms with Gasteiger partial charge in [0.25, 0.3) is 11.6 Å². The number of carboxylic acids is 1. The van der Waals surface area contributed by atoms with Gasteiger partial charge in [0.1, 0.15) is 0 Å². The van der Waals surface area contributed by atoms with E-state index in [-0.39, 0.29) is 22.1 Å². The minimum Gasteiger partial charge on any atom is -0.481 e. The van der Waals surface area contributed by atoms with Crippen molar-refractivity contribution in [2.75, 3.05) is 0 Å². The van der Waals surface area contributed by atoms with Gasteiger partial charge in [-0.3, -0.25) is 19.7 Å². The maximum atomic E-state index is 12.2. The molecule has 1 saturated carbocycles. The van der Waals surface area contributed by atoms with Crippen LogP contribution in [-0.4, -0.2) is 27.4 Å². The average molecular weight is 357 g/mol. The lowest BCUT2D eigenvalue weighted by molar-refractivity contribution is -0.385. The molecule has 8 heteroatoms. The number of rotatable bonds is 5. The molecule has 0 unspecified atom stereocenters. The van der Waals surface area contributed by atoms with Crippen molar-refractivity contribution >= 4 is 33.5 Å². The number of hydrogen-bond donors (Lipinski definition) is 2. The van der Waals surface area contributed by atoms with Crippen molar-refractivity contribution in [1.29, 1.82) is 0 Å². The summed E-state index contributed by atoms with van der Waals surface area (Å²) in [6, 6.07) is 4.06. The molecule has 0 saturated heterocycles. The molecular formula is C13H13BrN2O5. The van der Waals surface area contributed by atoms with Crippen molar-refractivity contribution in [2.24, 2.45) is 0 Å². The Morgan fingerprint density at radius 2 is 2.10 bits per heavy atom. The first-order valence-electron chi connectivity index (χ1n) is 6.31. The molecule has 1 amide bonds. The molecule has 0 aliphatic heterocycles. The van der Waals surface area contributed by atoms with E-state index in [4.69, 9.17) is 5.11 Å². The van der Waals surface area contributed by atoms with E-state index < -0.39 is 22.3 Å². The number of nitro benzene ring substituents is 1. The number of carbonyl (C=O) groups is 2. The van der Waals surface area contributed by atoms with Gasteiger partial charge in [0.15, 0.2) is 0 Å². The van der Waals surface area contributed by atoms with Crippen LogP contribution in [0.4, 0.5) is 5.69 Å². The van der Waals surface area contributed by atoms with E-state index in [0.29, 0.717) is 12.8 Å². The Morgan fingerprint density at radius 3 is 2.57 bits per heavy atom. The van der Waals surface area contributed by atoms with Crippen molar-refractivity contribution in [3.63, 3.8) is 0 Å². The molecule has 7 nitrogen and oxygen atoms in total. The largest absolute Gasteiger partial charge is 0.481 e. The topological polar surface area (TPSA) is 110 Å². The van der Waals surface area contributed by atoms with Crippen molar-refractivity contribution in [1.82, 2.24) is 5.32 Å². The molecular weight excluding hydrogens is 344 g/mol. The molecule has 1 aliphatic rings. The SMILES string of the molecule is O=C(O)CC1(NC(=O)c2ccc(Br)c([N+](=O)[O-])c2)CCC1. The third-order valence-electron chi connectivity index (χ3n) is 3.58. The third kappa shape index (κ3) is 3.38. The number of aliphatic carboxylic acids is 1. The van der Waals surface area contributed by atoms with Gasteiger partial charge in [-0.25, -0.2) is 0 Å². The number of nitrogens with zero attached hydrogens (tertiary/aromatic N) is 1. The second-order valence-electron chi connectivity index (χ2n) is 5.08. The zero-order valence-corrected chi connectivity index (χ0v) is 12.6. The fourth-order valence-corrected chi connectivity index (χ4v) is 2.74. The van der Waals surface area contributed by atoms with E-state index in [2.05, 4.69) is 21.2 Å². The number of carboxylic acid groups (broad SMARTS) is 1. The quantitative estimate of drug-likeness (QED) is 0.622. The Hall–Kier alpha value is -1.96. The summed E-state index contributed by atoms with van der Waals surface area (Å²) in [5.74, 6) is -1.47. The lowest BCUT2D eigenvalue weighted by Gasteiger charge is -2.41. The van der Waals surface area contributed by atoms with Crippen LogP contribution in [0.1, 0.15) is 36.0 Å². The third-order valence-corrected chi connectivity index (χ3v) is 4.25. The molecule has 112 valence electrons. The van der Waals surface area contributed by atoms with Crippen LogP contribution >= 0.6 is 15.9 Å². The maximum absolute atomic E-state index is 12.2. The molecule has 1 aliphatic carbocycles. The van der Waals surface area contributed by atoms with Crippen molar-refractivity contribution < 1.29 is 19.6 Å². The average Bonchev–Trinajstić information content (AvgIpc) is 2.35. The van der Waals surface area contributed by atoms with Gasteiger partial charge < -0.3 is 10.4 Å². The van der Waals surface area contributed by atoms with Crippen LogP contribution in [0.25, 0.3) is 0 Å². The van der Waals surface area contributed by atoms with Gasteiger partial charge in [-0.1, -0.05) is 0 Å². The minimum absolute atomic E-state index is 0.140. The van der Waals surface area contributed by atoms with Crippen LogP contribution < -0.4 is 5.32 Å². The molecule has 1 aromatic carbocycles. The van der Waals surface area contributed by atoms with Crippen LogP contribution in [0.3, 0.4) is 0 Å². The minimum atomic E-state index is -0.975. The van der Waals surface area contributed by atoms with Gasteiger partial charge >= 0.3 is 5.97 Å². The summed E-state index contributed by atoms with van der Waals surface area (Å²) in [6.45, 7) is 0. The summed E-state index contributed by atoms with van der Waals surface area (Å²) >= 11 is 3.05. The van der Waals surface area contributed by atoms with Crippen LogP contribution in [0, 0.1) is 10.1 Å². The number of halogens is 1. The van der Waals surface area contributed by atoms with Gasteiger partial charge in [-0.05, 0) is 47.3 Å². The molecule has 21 heavy (non-hydrogen) atoms. The lowest BCUT2D eigenvalue weighted by atomic mass is 9.74. The van der Waals surface area contributed by atoms with E-state index in [1.165, 1.54) is 18.2 Å². The molecule has 2 rings (SSSR count). The van der Waals surface area contributed by atoms with Crippen molar-refractivity contribution in [3.05, 3.63) is 38.3 Å². The lowest BCUT2D eigenvalue weighted by Crippen LogP contribution is -2.54. The van der Waals surface area contributed by atoms with Crippen LogP contribution in [0.5, 0.6) is 0 Å². The first-order valence-corrected chi connectivity index (χ1v) is 7.10. The van der Waals surface area contributed by atoms with Gasteiger partial charge in [-0.15, -0.1) is 0 Å². The summed E-state index contributed by atoms with van der Waals surface area (Å²) in [5.41, 5.74) is -0.796. The van der Waals surface area contributed by atoms with E-state index in [0.717, 1.165) is 6.42 Å². The molecule has 0 aromatic heterocycles. The number of amides is 1. The number of hydrogen-bond acceptors (Lipinski definition) is 4. The van der Waals surface area contributed by atoms with Crippen LogP contribution in [0.15, 0.2) is 22.7 Å². The molecule has 1 aromatic rings. The molecule has 1 fully saturated rings. The summed E-state index contributed by atoms with van der Waals surface area (Å²) in [6.07, 6.45) is 1.92. The predicted octanol–water partition coefficient (Wildman–Crippen LogP) is 2.48. The van der Waals surface area contributed by atoms with E-state index >= 15 is 0 Å². The monoisotopic (exact) mass is 356 g/mol. The van der Waals surface area contributed by atoms with Crippen LogP contribution in [-0.2, 0) is 4.79 Å². The Morgan fingerprint density at radius 1 is 1.43 bits per heavy atom. The smallest absolute Gasteiger partial charge is 0.305 e. The van der Waals surface area contributed by atoms with Gasteiger partial charge in [0.05, 0.1) is 21.4 Å². The summed E-state index contributed by atoms with van der Waals surface area (Å²) in [7, 11) is 0. The summed E-state index contributed by atoms with van der Waals surface area (Å²) in [5, 5.41) is 22.5. The van der Waals surface area contributed by atoms with E-state index in [1.54, 1.807) is 0 Å². The Bertz CT molecular complexity index is 613. The zero-order valence-electron chi connectivity index (χ0n) is 11.0. The van der Waals surface area contributed by atoms with Crippen molar-refractivity contribution in [2.45, 2.75) is 31.2 Å². The van der Waals surface area contributed by atoms with Crippen LogP contribution in [0.2, 0.25) is 0 Å². The highest BCUT2D eigenvalue weighted by atomic mass is 79.9. The normalized spacial score (nSPS) is 15.9. The zero-order chi connectivity index (χ0) is 15.6. The highest BCUT2D eigenvalue weighted by molar-refractivity contribution is 9.10. The van der Waals surface area contributed by atoms with E-state index in [1.807, 2.05) is 0 Å². The fraction of sp³-hybridized carbons (Fsp3) is 0.385. The molecule has 2 N–H and O–H groups in total. The second kappa shape index (κ2) is 5.80. The first kappa shape index (κ1) is 15.4. The summed E-state index contributed by atoms with van der Waals surface area (Å²) < 4.78 is 0.285. The number of benzene rings is 1. The number of nitro groups is 1. The van der Waals surface area contributed by atoms with Gasteiger partial charge in [0.2, 0.25) is 0 Å². The standard InChI is InChI=1S/C13H13BrN2O5/c14-9-3-2-8(6-10(9)16(20)21)12(19)15-13(4-1-5-13)7-11(17)18/h2-3,6H,1,4-5,7H2,(H,15,19)(H,17,18). The van der Waals surface area contributed by atoms with Gasteiger partial charge in [0, 0.05) is 11.6 Å². The predicted molar refractivity (Wildman–Crippen MR) is 77.1 cm³/mol. The van der Waals surface area contributed by atoms with Crippen molar-refractivity contribution in [3.8, 4) is 0 Å².